The maximum Gasteiger partial charge on any atom is 0.287 e. The normalized spacial score (nSPS) is 17.1. The Morgan fingerprint density at radius 1 is 1.18 bits per heavy atom. The summed E-state index contributed by atoms with van der Waals surface area (Å²) in [6, 6.07) is 14.2. The number of carbonyl (C=O) groups is 1. The van der Waals surface area contributed by atoms with Crippen LogP contribution in [-0.4, -0.2) is 29.0 Å². The Balaban J connectivity index is 1.34. The van der Waals surface area contributed by atoms with Crippen molar-refractivity contribution in [3.63, 3.8) is 0 Å². The highest BCUT2D eigenvalue weighted by Crippen LogP contribution is 2.19. The Kier molecular flexibility index (Phi) is 5.24. The lowest BCUT2D eigenvalue weighted by Crippen LogP contribution is -2.23. The summed E-state index contributed by atoms with van der Waals surface area (Å²) in [5, 5.41) is 0. The van der Waals surface area contributed by atoms with Crippen molar-refractivity contribution in [1.29, 1.82) is 0 Å². The maximum atomic E-state index is 13.7. The number of allylic oxidation sites excluding steroid dienone is 2. The summed E-state index contributed by atoms with van der Waals surface area (Å²) < 4.78 is 21.4. The minimum Gasteiger partial charge on any atom is -0.489 e. The van der Waals surface area contributed by atoms with E-state index in [0.29, 0.717) is 29.9 Å². The van der Waals surface area contributed by atoms with Crippen molar-refractivity contribution in [2.75, 3.05) is 0 Å². The van der Waals surface area contributed by atoms with Gasteiger partial charge in [-0.3, -0.25) is 4.79 Å². The molecule has 1 unspecified atom stereocenters. The first kappa shape index (κ1) is 18.0. The van der Waals surface area contributed by atoms with Crippen LogP contribution >= 0.6 is 0 Å². The van der Waals surface area contributed by atoms with Gasteiger partial charge >= 0.3 is 0 Å². The third kappa shape index (κ3) is 4.14. The number of ketones is 1. The number of hydrogen-bond acceptors (Lipinski definition) is 3. The Labute approximate surface area is 163 Å². The van der Waals surface area contributed by atoms with E-state index in [2.05, 4.69) is 4.99 Å². The smallest absolute Gasteiger partial charge is 0.287 e. The number of aliphatic imine (C=N–C) groups is 1. The fourth-order valence-electron chi connectivity index (χ4n) is 3.17. The predicted octanol–water partition coefficient (Wildman–Crippen LogP) is 3.85. The first-order valence-electron chi connectivity index (χ1n) is 9.22. The molecule has 1 atom stereocenters. The molecule has 0 saturated heterocycles. The standard InChI is InChI=1S/C23H20FN2O2/c24-21-9-2-1-6-18(21)15-28-20-8-3-5-17(13-20)10-11-23(27)22-14-19-7-4-12-26(19)16-25-22/h1-9,12-14,16,19H,10-11,15H2/q+1. The van der Waals surface area contributed by atoms with E-state index in [-0.39, 0.29) is 24.2 Å². The molecule has 5 heteroatoms. The van der Waals surface area contributed by atoms with Gasteiger partial charge in [0.05, 0.1) is 6.21 Å². The molecule has 4 nitrogen and oxygen atoms in total. The SMILES string of the molecule is O=C(CCc1cccc(OCc2ccccc2F)c1)C1=CC2C=CC=[N+]2C=N1. The zero-order valence-electron chi connectivity index (χ0n) is 15.3. The van der Waals surface area contributed by atoms with Crippen LogP contribution in [-0.2, 0) is 17.8 Å². The van der Waals surface area contributed by atoms with Crippen molar-refractivity contribution in [2.24, 2.45) is 4.99 Å². The van der Waals surface area contributed by atoms with Crippen molar-refractivity contribution in [1.82, 2.24) is 0 Å². The summed E-state index contributed by atoms with van der Waals surface area (Å²) in [7, 11) is 0. The lowest BCUT2D eigenvalue weighted by Gasteiger charge is -2.09. The number of benzene rings is 2. The lowest BCUT2D eigenvalue weighted by molar-refractivity contribution is -0.408. The van der Waals surface area contributed by atoms with E-state index in [1.165, 1.54) is 6.07 Å². The Morgan fingerprint density at radius 3 is 2.96 bits per heavy atom. The average molecular weight is 375 g/mol. The molecular formula is C23H20FN2O2+. The molecular weight excluding hydrogens is 355 g/mol. The number of Topliss-reactive ketones (excluding diaryl/α,β-unsaturated/α-hetero) is 1. The highest BCUT2D eigenvalue weighted by molar-refractivity contribution is 5.96. The quantitative estimate of drug-likeness (QED) is 0.690. The minimum atomic E-state index is -0.279. The van der Waals surface area contributed by atoms with Crippen molar-refractivity contribution < 1.29 is 18.5 Å². The van der Waals surface area contributed by atoms with Crippen molar-refractivity contribution in [2.45, 2.75) is 25.5 Å². The average Bonchev–Trinajstić information content (AvgIpc) is 3.19. The van der Waals surface area contributed by atoms with E-state index in [4.69, 9.17) is 4.74 Å². The second-order valence-electron chi connectivity index (χ2n) is 6.72. The first-order chi connectivity index (χ1) is 13.7. The largest absolute Gasteiger partial charge is 0.489 e. The molecule has 28 heavy (non-hydrogen) atoms. The van der Waals surface area contributed by atoms with E-state index in [9.17, 15) is 9.18 Å². The Morgan fingerprint density at radius 2 is 2.07 bits per heavy atom. The molecule has 2 aliphatic rings. The molecule has 0 amide bonds. The van der Waals surface area contributed by atoms with Gasteiger partial charge in [0.15, 0.2) is 0 Å². The summed E-state index contributed by atoms with van der Waals surface area (Å²) in [6.45, 7) is 0.166. The maximum absolute atomic E-state index is 13.7. The number of rotatable bonds is 7. The summed E-state index contributed by atoms with van der Waals surface area (Å²) in [5.74, 6) is 0.401. The first-order valence-corrected chi connectivity index (χ1v) is 9.22. The van der Waals surface area contributed by atoms with Crippen LogP contribution in [0.15, 0.2) is 77.4 Å². The fraction of sp³-hybridized carbons (Fsp3) is 0.174. The molecule has 0 bridgehead atoms. The molecule has 2 aliphatic heterocycles. The van der Waals surface area contributed by atoms with E-state index in [0.717, 1.165) is 5.56 Å². The van der Waals surface area contributed by atoms with E-state index >= 15 is 0 Å². The van der Waals surface area contributed by atoms with Crippen LogP contribution in [0, 0.1) is 5.82 Å². The van der Waals surface area contributed by atoms with Gasteiger partial charge in [0.1, 0.15) is 24.2 Å². The van der Waals surface area contributed by atoms with Gasteiger partial charge in [-0.25, -0.2) is 8.97 Å². The van der Waals surface area contributed by atoms with Crippen LogP contribution < -0.4 is 4.74 Å². The van der Waals surface area contributed by atoms with Crippen molar-refractivity contribution >= 4 is 18.3 Å². The summed E-state index contributed by atoms with van der Waals surface area (Å²) in [5.41, 5.74) is 2.01. The van der Waals surface area contributed by atoms with Gasteiger partial charge in [-0.1, -0.05) is 30.3 Å². The molecule has 0 fully saturated rings. The second-order valence-corrected chi connectivity index (χ2v) is 6.72. The molecule has 0 N–H and O–H groups in total. The molecule has 0 aliphatic carbocycles. The molecule has 0 radical (unpaired) electrons. The second kappa shape index (κ2) is 8.13. The number of halogens is 1. The molecule has 2 aromatic rings. The van der Waals surface area contributed by atoms with Gasteiger partial charge < -0.3 is 4.74 Å². The van der Waals surface area contributed by atoms with Gasteiger partial charge in [-0.15, -0.1) is 0 Å². The number of hydrogen-bond donors (Lipinski definition) is 0. The van der Waals surface area contributed by atoms with Gasteiger partial charge in [-0.2, -0.15) is 0 Å². The molecule has 0 aromatic heterocycles. The topological polar surface area (TPSA) is 41.7 Å². The number of carbonyl (C=O) groups excluding carboxylic acids is 1. The molecule has 4 rings (SSSR count). The van der Waals surface area contributed by atoms with E-state index < -0.39 is 0 Å². The summed E-state index contributed by atoms with van der Waals surface area (Å²) in [4.78, 5) is 16.7. The molecule has 2 heterocycles. The minimum absolute atomic E-state index is 0.0221. The van der Waals surface area contributed by atoms with Crippen LogP contribution in [0.2, 0.25) is 0 Å². The van der Waals surface area contributed by atoms with Crippen LogP contribution in [0.1, 0.15) is 17.5 Å². The zero-order chi connectivity index (χ0) is 19.3. The van der Waals surface area contributed by atoms with Gasteiger partial charge in [0.2, 0.25) is 11.5 Å². The monoisotopic (exact) mass is 375 g/mol. The van der Waals surface area contributed by atoms with Gasteiger partial charge in [0.25, 0.3) is 6.34 Å². The van der Waals surface area contributed by atoms with Crippen molar-refractivity contribution in [3.05, 3.63) is 89.4 Å². The summed E-state index contributed by atoms with van der Waals surface area (Å²) >= 11 is 0. The van der Waals surface area contributed by atoms with E-state index in [1.54, 1.807) is 24.5 Å². The lowest BCUT2D eigenvalue weighted by atomic mass is 10.0. The molecule has 140 valence electrons. The van der Waals surface area contributed by atoms with Crippen molar-refractivity contribution in [3.8, 4) is 5.75 Å². The number of nitrogens with zero attached hydrogens (tertiary/aromatic N) is 2. The van der Waals surface area contributed by atoms with Crippen LogP contribution in [0.3, 0.4) is 0 Å². The Bertz CT molecular complexity index is 1020. The Hall–Kier alpha value is -3.34. The molecule has 0 saturated carbocycles. The van der Waals surface area contributed by atoms with Crippen LogP contribution in [0.5, 0.6) is 5.75 Å². The van der Waals surface area contributed by atoms with Crippen LogP contribution in [0.25, 0.3) is 0 Å². The highest BCUT2D eigenvalue weighted by atomic mass is 19.1. The van der Waals surface area contributed by atoms with Crippen LogP contribution in [0.4, 0.5) is 4.39 Å². The number of aryl methyl sites for hydroxylation is 1. The van der Waals surface area contributed by atoms with Gasteiger partial charge in [-0.05, 0) is 47.3 Å². The molecule has 0 spiro atoms. The zero-order valence-corrected chi connectivity index (χ0v) is 15.3. The van der Waals surface area contributed by atoms with Gasteiger partial charge in [0, 0.05) is 18.1 Å². The highest BCUT2D eigenvalue weighted by Gasteiger charge is 2.25. The number of ether oxygens (including phenoxy) is 1. The number of fused-ring (bicyclic) bond motifs is 1. The third-order valence-corrected chi connectivity index (χ3v) is 4.75. The molecule has 2 aromatic carbocycles. The fourth-order valence-corrected chi connectivity index (χ4v) is 3.17. The third-order valence-electron chi connectivity index (χ3n) is 4.75. The van der Waals surface area contributed by atoms with E-state index in [1.807, 2.05) is 53.3 Å². The summed E-state index contributed by atoms with van der Waals surface area (Å²) in [6.07, 6.45) is 10.4. The predicted molar refractivity (Wildman–Crippen MR) is 106 cm³/mol.